The van der Waals surface area contributed by atoms with Gasteiger partial charge in [0.25, 0.3) is 0 Å². The number of rotatable bonds is 3. The summed E-state index contributed by atoms with van der Waals surface area (Å²) in [5.74, 6) is 1.19. The summed E-state index contributed by atoms with van der Waals surface area (Å²) in [7, 11) is 5.53. The predicted molar refractivity (Wildman–Crippen MR) is 101 cm³/mol. The van der Waals surface area contributed by atoms with Crippen LogP contribution in [0.1, 0.15) is 17.0 Å². The lowest BCUT2D eigenvalue weighted by Gasteiger charge is -2.28. The molecule has 3 rings (SSSR count). The number of ether oxygens (including phenoxy) is 2. The van der Waals surface area contributed by atoms with Crippen molar-refractivity contribution < 1.29 is 9.47 Å². The highest BCUT2D eigenvalue weighted by Crippen LogP contribution is 2.44. The molecule has 0 aliphatic carbocycles. The molecule has 0 amide bonds. The zero-order valence-corrected chi connectivity index (χ0v) is 15.8. The van der Waals surface area contributed by atoms with Crippen molar-refractivity contribution in [2.24, 2.45) is 5.73 Å². The number of nitrogens with two attached hydrogens (primary N) is 1. The maximum Gasteiger partial charge on any atom is 0.205 e. The van der Waals surface area contributed by atoms with Gasteiger partial charge in [-0.2, -0.15) is 5.26 Å². The first-order chi connectivity index (χ1) is 11.9. The summed E-state index contributed by atoms with van der Waals surface area (Å²) in [4.78, 5) is 1.99. The smallest absolute Gasteiger partial charge is 0.205 e. The average molecular weight is 400 g/mol. The second-order valence-electron chi connectivity index (χ2n) is 5.97. The van der Waals surface area contributed by atoms with E-state index in [0.29, 0.717) is 17.1 Å². The number of nitrogens with zero attached hydrogens (tertiary/aromatic N) is 2. The van der Waals surface area contributed by atoms with Gasteiger partial charge in [0, 0.05) is 35.9 Å². The Morgan fingerprint density at radius 1 is 1.24 bits per heavy atom. The van der Waals surface area contributed by atoms with Crippen molar-refractivity contribution in [2.75, 3.05) is 26.1 Å². The zero-order valence-electron chi connectivity index (χ0n) is 14.2. The predicted octanol–water partition coefficient (Wildman–Crippen LogP) is 3.74. The standard InChI is InChI=1S/C19H18BrN3O2/c1-23(2)13-4-5-15-17(9-13)25-19(22)16(10-21)18(15)11-6-12(20)8-14(7-11)24-3/h4-9,18H,22H2,1-3H3. The summed E-state index contributed by atoms with van der Waals surface area (Å²) >= 11 is 3.50. The van der Waals surface area contributed by atoms with E-state index in [4.69, 9.17) is 15.2 Å². The molecule has 5 nitrogen and oxygen atoms in total. The first-order valence-electron chi connectivity index (χ1n) is 7.68. The highest BCUT2D eigenvalue weighted by atomic mass is 79.9. The molecule has 0 saturated heterocycles. The molecule has 1 aliphatic heterocycles. The number of benzene rings is 2. The molecule has 6 heteroatoms. The number of anilines is 1. The largest absolute Gasteiger partial charge is 0.497 e. The third-order valence-corrected chi connectivity index (χ3v) is 4.64. The van der Waals surface area contributed by atoms with Crippen molar-refractivity contribution in [3.8, 4) is 17.6 Å². The van der Waals surface area contributed by atoms with Gasteiger partial charge in [-0.1, -0.05) is 22.0 Å². The van der Waals surface area contributed by atoms with Gasteiger partial charge in [-0.3, -0.25) is 0 Å². The van der Waals surface area contributed by atoms with E-state index in [0.717, 1.165) is 21.3 Å². The SMILES string of the molecule is COc1cc(Br)cc(C2C(C#N)=C(N)Oc3cc(N(C)C)ccc32)c1. The fraction of sp³-hybridized carbons (Fsp3) is 0.211. The lowest BCUT2D eigenvalue weighted by Crippen LogP contribution is -2.21. The van der Waals surface area contributed by atoms with Crippen LogP contribution in [0, 0.1) is 11.3 Å². The number of fused-ring (bicyclic) bond motifs is 1. The van der Waals surface area contributed by atoms with Crippen LogP contribution in [0.15, 0.2) is 52.3 Å². The van der Waals surface area contributed by atoms with Crippen molar-refractivity contribution in [3.63, 3.8) is 0 Å². The van der Waals surface area contributed by atoms with Gasteiger partial charge in [-0.25, -0.2) is 0 Å². The van der Waals surface area contributed by atoms with Crippen LogP contribution in [0.3, 0.4) is 0 Å². The van der Waals surface area contributed by atoms with Crippen molar-refractivity contribution >= 4 is 21.6 Å². The third-order valence-electron chi connectivity index (χ3n) is 4.18. The molecule has 0 spiro atoms. The summed E-state index contributed by atoms with van der Waals surface area (Å²) in [6.07, 6.45) is 0. The minimum atomic E-state index is -0.309. The van der Waals surface area contributed by atoms with E-state index in [-0.39, 0.29) is 11.8 Å². The van der Waals surface area contributed by atoms with Crippen molar-refractivity contribution in [1.29, 1.82) is 5.26 Å². The van der Waals surface area contributed by atoms with E-state index in [1.165, 1.54) is 0 Å². The Hall–Kier alpha value is -2.65. The molecule has 1 heterocycles. The minimum absolute atomic E-state index is 0.134. The van der Waals surface area contributed by atoms with Crippen LogP contribution in [0.2, 0.25) is 0 Å². The summed E-state index contributed by atoms with van der Waals surface area (Å²) in [6.45, 7) is 0. The molecule has 2 N–H and O–H groups in total. The molecule has 0 saturated carbocycles. The number of nitriles is 1. The Bertz CT molecular complexity index is 900. The first kappa shape index (κ1) is 17.2. The normalized spacial score (nSPS) is 15.9. The second kappa shape index (κ2) is 6.69. The van der Waals surface area contributed by atoms with E-state index in [9.17, 15) is 5.26 Å². The van der Waals surface area contributed by atoms with Crippen molar-refractivity contribution in [1.82, 2.24) is 0 Å². The maximum atomic E-state index is 9.64. The summed E-state index contributed by atoms with van der Waals surface area (Å²) in [5.41, 5.74) is 9.25. The molecule has 0 radical (unpaired) electrons. The van der Waals surface area contributed by atoms with Gasteiger partial charge in [0.15, 0.2) is 0 Å². The van der Waals surface area contributed by atoms with Gasteiger partial charge in [-0.05, 0) is 29.8 Å². The lowest BCUT2D eigenvalue weighted by molar-refractivity contribution is 0.393. The van der Waals surface area contributed by atoms with Crippen LogP contribution in [-0.4, -0.2) is 21.2 Å². The highest BCUT2D eigenvalue weighted by molar-refractivity contribution is 9.10. The van der Waals surface area contributed by atoms with Crippen LogP contribution in [0.4, 0.5) is 5.69 Å². The molecule has 2 aromatic carbocycles. The fourth-order valence-corrected chi connectivity index (χ4v) is 3.42. The van der Waals surface area contributed by atoms with Crippen LogP contribution >= 0.6 is 15.9 Å². The maximum absolute atomic E-state index is 9.64. The highest BCUT2D eigenvalue weighted by Gasteiger charge is 2.31. The van der Waals surface area contributed by atoms with Gasteiger partial charge in [0.1, 0.15) is 23.1 Å². The molecular weight excluding hydrogens is 382 g/mol. The Morgan fingerprint density at radius 2 is 2.00 bits per heavy atom. The van der Waals surface area contributed by atoms with E-state index in [1.807, 2.05) is 55.4 Å². The molecule has 0 bridgehead atoms. The molecule has 0 aromatic heterocycles. The molecule has 25 heavy (non-hydrogen) atoms. The molecule has 1 atom stereocenters. The van der Waals surface area contributed by atoms with E-state index >= 15 is 0 Å². The zero-order chi connectivity index (χ0) is 18.1. The van der Waals surface area contributed by atoms with Gasteiger partial charge >= 0.3 is 0 Å². The van der Waals surface area contributed by atoms with Crippen LogP contribution < -0.4 is 20.1 Å². The number of methoxy groups -OCH3 is 1. The second-order valence-corrected chi connectivity index (χ2v) is 6.88. The van der Waals surface area contributed by atoms with Crippen molar-refractivity contribution in [2.45, 2.75) is 5.92 Å². The number of allylic oxidation sites excluding steroid dienone is 1. The van der Waals surface area contributed by atoms with Crippen LogP contribution in [-0.2, 0) is 0 Å². The third kappa shape index (κ3) is 3.15. The fourth-order valence-electron chi connectivity index (χ4n) is 2.93. The summed E-state index contributed by atoms with van der Waals surface area (Å²) in [6, 6.07) is 13.9. The van der Waals surface area contributed by atoms with Gasteiger partial charge in [0.05, 0.1) is 13.0 Å². The van der Waals surface area contributed by atoms with E-state index < -0.39 is 0 Å². The van der Waals surface area contributed by atoms with E-state index in [1.54, 1.807) is 7.11 Å². The number of halogens is 1. The molecular formula is C19H18BrN3O2. The van der Waals surface area contributed by atoms with E-state index in [2.05, 4.69) is 22.0 Å². The minimum Gasteiger partial charge on any atom is -0.497 e. The molecule has 1 unspecified atom stereocenters. The number of hydrogen-bond acceptors (Lipinski definition) is 5. The monoisotopic (exact) mass is 399 g/mol. The average Bonchev–Trinajstić information content (AvgIpc) is 2.59. The molecule has 1 aliphatic rings. The quantitative estimate of drug-likeness (QED) is 0.850. The number of hydrogen-bond donors (Lipinski definition) is 1. The van der Waals surface area contributed by atoms with Gasteiger partial charge in [0.2, 0.25) is 5.88 Å². The van der Waals surface area contributed by atoms with Crippen LogP contribution in [0.5, 0.6) is 11.5 Å². The Morgan fingerprint density at radius 3 is 2.64 bits per heavy atom. The summed E-state index contributed by atoms with van der Waals surface area (Å²) < 4.78 is 12.0. The van der Waals surface area contributed by atoms with Gasteiger partial charge < -0.3 is 20.1 Å². The molecule has 128 valence electrons. The first-order valence-corrected chi connectivity index (χ1v) is 8.47. The van der Waals surface area contributed by atoms with Crippen molar-refractivity contribution in [3.05, 3.63) is 63.5 Å². The topological polar surface area (TPSA) is 71.5 Å². The Kier molecular flexibility index (Phi) is 4.60. The molecule has 0 fully saturated rings. The Labute approximate surface area is 155 Å². The lowest BCUT2D eigenvalue weighted by atomic mass is 9.83. The molecule has 2 aromatic rings. The van der Waals surface area contributed by atoms with Gasteiger partial charge in [-0.15, -0.1) is 0 Å². The summed E-state index contributed by atoms with van der Waals surface area (Å²) in [5, 5.41) is 9.64. The van der Waals surface area contributed by atoms with Crippen LogP contribution in [0.25, 0.3) is 0 Å². The Balaban J connectivity index is 2.21.